The molecule has 1 aromatic rings. The maximum absolute atomic E-state index is 9.18. The van der Waals surface area contributed by atoms with Gasteiger partial charge in [-0.05, 0) is 24.7 Å². The second kappa shape index (κ2) is 11.6. The number of aliphatic hydroxyl groups is 1. The quantitative estimate of drug-likeness (QED) is 0.339. The van der Waals surface area contributed by atoms with Crippen molar-refractivity contribution in [3.63, 3.8) is 0 Å². The highest BCUT2D eigenvalue weighted by Crippen LogP contribution is 2.09. The average molecular weight is 308 g/mol. The number of hydrogen-bond donors (Lipinski definition) is 4. The standard InChI is InChI=1S/C16H29BN2O3/c18-16(8-4-5-10-17(21)22)9-11-19(12-13-20)14-15-6-2-1-3-7-15/h1-3,6-7,16,20-22H,4-5,8-14,18H2. The third-order valence-electron chi connectivity index (χ3n) is 3.77. The monoisotopic (exact) mass is 308 g/mol. The zero-order chi connectivity index (χ0) is 16.2. The second-order valence-electron chi connectivity index (χ2n) is 5.80. The predicted molar refractivity (Wildman–Crippen MR) is 90.2 cm³/mol. The average Bonchev–Trinajstić information content (AvgIpc) is 2.50. The molecule has 0 fully saturated rings. The van der Waals surface area contributed by atoms with E-state index < -0.39 is 7.12 Å². The number of unbranched alkanes of at least 4 members (excludes halogenated alkanes) is 1. The molecular formula is C16H29BN2O3. The minimum Gasteiger partial charge on any atom is -0.427 e. The van der Waals surface area contributed by atoms with E-state index in [1.54, 1.807) is 0 Å². The van der Waals surface area contributed by atoms with Crippen molar-refractivity contribution in [3.05, 3.63) is 35.9 Å². The van der Waals surface area contributed by atoms with Crippen LogP contribution in [0, 0.1) is 0 Å². The van der Waals surface area contributed by atoms with Gasteiger partial charge in [-0.1, -0.05) is 43.2 Å². The van der Waals surface area contributed by atoms with Crippen LogP contribution in [0.15, 0.2) is 30.3 Å². The topological polar surface area (TPSA) is 90.0 Å². The summed E-state index contributed by atoms with van der Waals surface area (Å²) in [7, 11) is -1.21. The van der Waals surface area contributed by atoms with E-state index in [-0.39, 0.29) is 12.6 Å². The van der Waals surface area contributed by atoms with Gasteiger partial charge in [-0.25, -0.2) is 0 Å². The third kappa shape index (κ3) is 9.17. The van der Waals surface area contributed by atoms with E-state index in [9.17, 15) is 5.11 Å². The van der Waals surface area contributed by atoms with Crippen molar-refractivity contribution in [1.82, 2.24) is 4.90 Å². The van der Waals surface area contributed by atoms with Gasteiger partial charge in [0.25, 0.3) is 0 Å². The van der Waals surface area contributed by atoms with Crippen molar-refractivity contribution in [3.8, 4) is 0 Å². The first-order valence-electron chi connectivity index (χ1n) is 8.10. The number of nitrogens with zero attached hydrogens (tertiary/aromatic N) is 1. The Balaban J connectivity index is 2.25. The molecule has 0 saturated heterocycles. The Morgan fingerprint density at radius 3 is 2.41 bits per heavy atom. The van der Waals surface area contributed by atoms with Crippen LogP contribution in [0.5, 0.6) is 0 Å². The van der Waals surface area contributed by atoms with E-state index in [1.165, 1.54) is 5.56 Å². The fraction of sp³-hybridized carbons (Fsp3) is 0.625. The summed E-state index contributed by atoms with van der Waals surface area (Å²) in [6.45, 7) is 2.48. The van der Waals surface area contributed by atoms with Gasteiger partial charge in [-0.2, -0.15) is 0 Å². The smallest absolute Gasteiger partial charge is 0.427 e. The van der Waals surface area contributed by atoms with Crippen molar-refractivity contribution >= 4 is 7.12 Å². The second-order valence-corrected chi connectivity index (χ2v) is 5.80. The van der Waals surface area contributed by atoms with E-state index in [2.05, 4.69) is 17.0 Å². The summed E-state index contributed by atoms with van der Waals surface area (Å²) in [6, 6.07) is 10.3. The van der Waals surface area contributed by atoms with Crippen LogP contribution in [0.25, 0.3) is 0 Å². The minimum atomic E-state index is -1.21. The zero-order valence-electron chi connectivity index (χ0n) is 13.3. The molecule has 1 rings (SSSR count). The molecule has 0 amide bonds. The van der Waals surface area contributed by atoms with Gasteiger partial charge in [-0.3, -0.25) is 4.90 Å². The van der Waals surface area contributed by atoms with E-state index in [0.29, 0.717) is 12.9 Å². The maximum atomic E-state index is 9.18. The molecule has 124 valence electrons. The first kappa shape index (κ1) is 19.1. The molecule has 1 atom stereocenters. The highest BCUT2D eigenvalue weighted by molar-refractivity contribution is 6.40. The summed E-state index contributed by atoms with van der Waals surface area (Å²) in [6.07, 6.45) is 3.89. The summed E-state index contributed by atoms with van der Waals surface area (Å²) in [5.41, 5.74) is 7.35. The van der Waals surface area contributed by atoms with Crippen LogP contribution in [0.1, 0.15) is 31.2 Å². The first-order chi connectivity index (χ1) is 10.6. The lowest BCUT2D eigenvalue weighted by Gasteiger charge is -2.23. The molecule has 0 spiro atoms. The molecule has 0 bridgehead atoms. The van der Waals surface area contributed by atoms with E-state index in [1.807, 2.05) is 18.2 Å². The molecule has 5 nitrogen and oxygen atoms in total. The number of rotatable bonds is 12. The van der Waals surface area contributed by atoms with Crippen LogP contribution in [0.3, 0.4) is 0 Å². The molecule has 0 aromatic heterocycles. The van der Waals surface area contributed by atoms with Crippen LogP contribution < -0.4 is 5.73 Å². The Bertz CT molecular complexity index is 379. The third-order valence-corrected chi connectivity index (χ3v) is 3.77. The molecule has 0 saturated carbocycles. The number of aliphatic hydroxyl groups excluding tert-OH is 1. The molecule has 0 aliphatic rings. The van der Waals surface area contributed by atoms with Gasteiger partial charge in [0.15, 0.2) is 0 Å². The largest absolute Gasteiger partial charge is 0.451 e. The van der Waals surface area contributed by atoms with Crippen LogP contribution in [-0.4, -0.2) is 52.9 Å². The number of nitrogens with two attached hydrogens (primary N) is 1. The number of benzene rings is 1. The molecule has 0 radical (unpaired) electrons. The molecular weight excluding hydrogens is 279 g/mol. The van der Waals surface area contributed by atoms with Gasteiger partial charge >= 0.3 is 7.12 Å². The van der Waals surface area contributed by atoms with E-state index in [0.717, 1.165) is 38.8 Å². The summed E-state index contributed by atoms with van der Waals surface area (Å²) in [4.78, 5) is 2.21. The number of hydrogen-bond acceptors (Lipinski definition) is 5. The van der Waals surface area contributed by atoms with Gasteiger partial charge in [0.2, 0.25) is 0 Å². The van der Waals surface area contributed by atoms with Gasteiger partial charge in [0.1, 0.15) is 0 Å². The van der Waals surface area contributed by atoms with Crippen molar-refractivity contribution < 1.29 is 15.2 Å². The fourth-order valence-corrected chi connectivity index (χ4v) is 2.48. The fourth-order valence-electron chi connectivity index (χ4n) is 2.48. The molecule has 0 heterocycles. The van der Waals surface area contributed by atoms with Crippen LogP contribution in [0.4, 0.5) is 0 Å². The predicted octanol–water partition coefficient (Wildman–Crippen LogP) is 0.841. The van der Waals surface area contributed by atoms with Crippen LogP contribution in [0.2, 0.25) is 6.32 Å². The van der Waals surface area contributed by atoms with Gasteiger partial charge in [0.05, 0.1) is 6.61 Å². The maximum Gasteiger partial charge on any atom is 0.451 e. The van der Waals surface area contributed by atoms with Crippen LogP contribution >= 0.6 is 0 Å². The van der Waals surface area contributed by atoms with E-state index >= 15 is 0 Å². The highest BCUT2D eigenvalue weighted by atomic mass is 16.4. The van der Waals surface area contributed by atoms with E-state index in [4.69, 9.17) is 15.8 Å². The molecule has 0 aliphatic carbocycles. The van der Waals surface area contributed by atoms with Gasteiger partial charge < -0.3 is 20.9 Å². The highest BCUT2D eigenvalue weighted by Gasteiger charge is 2.10. The van der Waals surface area contributed by atoms with Crippen molar-refractivity contribution in [1.29, 1.82) is 0 Å². The van der Waals surface area contributed by atoms with Crippen molar-refractivity contribution in [2.75, 3.05) is 19.7 Å². The Labute approximate surface area is 133 Å². The Morgan fingerprint density at radius 2 is 1.77 bits per heavy atom. The normalized spacial score (nSPS) is 12.6. The zero-order valence-corrected chi connectivity index (χ0v) is 13.3. The van der Waals surface area contributed by atoms with Crippen molar-refractivity contribution in [2.45, 2.75) is 44.6 Å². The lowest BCUT2D eigenvalue weighted by Crippen LogP contribution is -2.32. The molecule has 22 heavy (non-hydrogen) atoms. The van der Waals surface area contributed by atoms with Crippen LogP contribution in [-0.2, 0) is 6.54 Å². The SMILES string of the molecule is NC(CCCCB(O)O)CCN(CCO)Cc1ccccc1. The minimum absolute atomic E-state index is 0.118. The molecule has 5 N–H and O–H groups in total. The summed E-state index contributed by atoms with van der Waals surface area (Å²) >= 11 is 0. The Morgan fingerprint density at radius 1 is 1.05 bits per heavy atom. The molecule has 1 unspecified atom stereocenters. The Hall–Kier alpha value is -0.915. The lowest BCUT2D eigenvalue weighted by atomic mass is 9.83. The molecule has 1 aromatic carbocycles. The van der Waals surface area contributed by atoms with Gasteiger partial charge in [0, 0.05) is 25.7 Å². The summed E-state index contributed by atoms with van der Waals surface area (Å²) in [5.74, 6) is 0. The Kier molecular flexibility index (Phi) is 10.1. The first-order valence-corrected chi connectivity index (χ1v) is 8.10. The summed E-state index contributed by atoms with van der Waals surface area (Å²) < 4.78 is 0. The summed E-state index contributed by atoms with van der Waals surface area (Å²) in [5, 5.41) is 26.8. The molecule has 6 heteroatoms. The molecule has 0 aliphatic heterocycles. The van der Waals surface area contributed by atoms with Crippen molar-refractivity contribution in [2.24, 2.45) is 5.73 Å². The van der Waals surface area contributed by atoms with Gasteiger partial charge in [-0.15, -0.1) is 0 Å². The lowest BCUT2D eigenvalue weighted by molar-refractivity contribution is 0.185.